The Hall–Kier alpha value is -3.42. The van der Waals surface area contributed by atoms with Gasteiger partial charge in [0.1, 0.15) is 5.75 Å². The Morgan fingerprint density at radius 3 is 2.42 bits per heavy atom. The van der Waals surface area contributed by atoms with E-state index in [4.69, 9.17) is 9.47 Å². The lowest BCUT2D eigenvalue weighted by molar-refractivity contribution is 0.102. The summed E-state index contributed by atoms with van der Waals surface area (Å²) in [6, 6.07) is 10.6. The summed E-state index contributed by atoms with van der Waals surface area (Å²) in [5.41, 5.74) is 1.91. The zero-order valence-electron chi connectivity index (χ0n) is 14.8. The van der Waals surface area contributed by atoms with Crippen molar-refractivity contribution in [1.82, 2.24) is 20.0 Å². The van der Waals surface area contributed by atoms with Crippen molar-refractivity contribution in [2.24, 2.45) is 0 Å². The number of benzene rings is 1. The predicted molar refractivity (Wildman–Crippen MR) is 96.0 cm³/mol. The van der Waals surface area contributed by atoms with Crippen LogP contribution >= 0.6 is 0 Å². The fourth-order valence-electron chi connectivity index (χ4n) is 2.51. The number of rotatable bonds is 6. The van der Waals surface area contributed by atoms with Crippen molar-refractivity contribution >= 4 is 11.6 Å². The summed E-state index contributed by atoms with van der Waals surface area (Å²) in [5, 5.41) is 15.2. The van der Waals surface area contributed by atoms with E-state index in [1.54, 1.807) is 48.2 Å². The van der Waals surface area contributed by atoms with Crippen molar-refractivity contribution in [3.8, 4) is 17.4 Å². The SMILES string of the molecule is CCc1c(C(=O)Nc2ccc(OC)cc2)cnn1-c1ccc(OC)nn1. The molecule has 0 unspecified atom stereocenters. The number of ether oxygens (including phenoxy) is 2. The zero-order valence-corrected chi connectivity index (χ0v) is 14.8. The Labute approximate surface area is 150 Å². The van der Waals surface area contributed by atoms with Gasteiger partial charge in [-0.1, -0.05) is 6.92 Å². The average Bonchev–Trinajstić information content (AvgIpc) is 3.13. The number of hydrogen-bond donors (Lipinski definition) is 1. The predicted octanol–water partition coefficient (Wildman–Crippen LogP) is 2.49. The minimum absolute atomic E-state index is 0.236. The summed E-state index contributed by atoms with van der Waals surface area (Å²) in [6.45, 7) is 1.95. The third-order valence-corrected chi connectivity index (χ3v) is 3.85. The first-order valence-electron chi connectivity index (χ1n) is 8.06. The van der Waals surface area contributed by atoms with E-state index in [0.29, 0.717) is 29.4 Å². The highest BCUT2D eigenvalue weighted by Gasteiger charge is 2.18. The standard InChI is InChI=1S/C18H19N5O3/c1-4-15-14(18(24)20-12-5-7-13(25-2)8-6-12)11-19-23(15)16-9-10-17(26-3)22-21-16/h5-11H,4H2,1-3H3,(H,20,24). The summed E-state index contributed by atoms with van der Waals surface area (Å²) in [6.07, 6.45) is 2.14. The fourth-order valence-corrected chi connectivity index (χ4v) is 2.51. The topological polar surface area (TPSA) is 91.2 Å². The molecule has 1 amide bonds. The third kappa shape index (κ3) is 3.49. The number of hydrogen-bond acceptors (Lipinski definition) is 6. The van der Waals surface area contributed by atoms with Gasteiger partial charge in [0.25, 0.3) is 5.91 Å². The number of aromatic nitrogens is 4. The van der Waals surface area contributed by atoms with Crippen LogP contribution in [0.2, 0.25) is 0 Å². The average molecular weight is 353 g/mol. The van der Waals surface area contributed by atoms with Gasteiger partial charge in [-0.05, 0) is 36.8 Å². The molecule has 0 spiro atoms. The second-order valence-electron chi connectivity index (χ2n) is 5.39. The number of carbonyl (C=O) groups excluding carboxylic acids is 1. The lowest BCUT2D eigenvalue weighted by Gasteiger charge is -2.08. The summed E-state index contributed by atoms with van der Waals surface area (Å²) < 4.78 is 11.7. The molecule has 0 fully saturated rings. The molecule has 0 bridgehead atoms. The van der Waals surface area contributed by atoms with Crippen LogP contribution in [0, 0.1) is 0 Å². The maximum Gasteiger partial charge on any atom is 0.259 e. The maximum atomic E-state index is 12.6. The lowest BCUT2D eigenvalue weighted by Crippen LogP contribution is -2.14. The molecule has 0 aliphatic rings. The summed E-state index contributed by atoms with van der Waals surface area (Å²) in [5.74, 6) is 1.42. The molecule has 2 heterocycles. The van der Waals surface area contributed by atoms with Gasteiger partial charge in [-0.15, -0.1) is 10.2 Å². The molecule has 0 atom stereocenters. The van der Waals surface area contributed by atoms with Crippen molar-refractivity contribution in [1.29, 1.82) is 0 Å². The summed E-state index contributed by atoms with van der Waals surface area (Å²) in [4.78, 5) is 12.6. The van der Waals surface area contributed by atoms with Crippen molar-refractivity contribution in [3.05, 3.63) is 53.9 Å². The second-order valence-corrected chi connectivity index (χ2v) is 5.39. The Balaban J connectivity index is 1.85. The highest BCUT2D eigenvalue weighted by atomic mass is 16.5. The number of nitrogens with one attached hydrogen (secondary N) is 1. The minimum Gasteiger partial charge on any atom is -0.497 e. The van der Waals surface area contributed by atoms with Crippen LogP contribution in [0.3, 0.4) is 0 Å². The molecule has 0 aliphatic carbocycles. The van der Waals surface area contributed by atoms with Gasteiger partial charge in [0.15, 0.2) is 5.82 Å². The van der Waals surface area contributed by atoms with Crippen LogP contribution in [0.25, 0.3) is 5.82 Å². The van der Waals surface area contributed by atoms with E-state index in [-0.39, 0.29) is 5.91 Å². The number of amides is 1. The lowest BCUT2D eigenvalue weighted by atomic mass is 10.2. The molecule has 0 saturated heterocycles. The molecule has 2 aromatic heterocycles. The zero-order chi connectivity index (χ0) is 18.5. The monoisotopic (exact) mass is 353 g/mol. The molecule has 1 N–H and O–H groups in total. The Morgan fingerprint density at radius 1 is 1.08 bits per heavy atom. The van der Waals surface area contributed by atoms with E-state index in [1.165, 1.54) is 13.3 Å². The van der Waals surface area contributed by atoms with Crippen molar-refractivity contribution < 1.29 is 14.3 Å². The molecular formula is C18H19N5O3. The molecule has 8 heteroatoms. The maximum absolute atomic E-state index is 12.6. The van der Waals surface area contributed by atoms with Crippen molar-refractivity contribution in [2.75, 3.05) is 19.5 Å². The number of methoxy groups -OCH3 is 2. The Bertz CT molecular complexity index is 888. The first-order chi connectivity index (χ1) is 12.7. The van der Waals surface area contributed by atoms with Crippen LogP contribution in [-0.4, -0.2) is 40.1 Å². The van der Waals surface area contributed by atoms with Gasteiger partial charge >= 0.3 is 0 Å². The summed E-state index contributed by atoms with van der Waals surface area (Å²) >= 11 is 0. The molecular weight excluding hydrogens is 334 g/mol. The number of nitrogens with zero attached hydrogens (tertiary/aromatic N) is 4. The highest BCUT2D eigenvalue weighted by Crippen LogP contribution is 2.19. The number of anilines is 1. The van der Waals surface area contributed by atoms with Crippen LogP contribution in [-0.2, 0) is 6.42 Å². The molecule has 3 aromatic rings. The van der Waals surface area contributed by atoms with Gasteiger partial charge < -0.3 is 14.8 Å². The first kappa shape index (κ1) is 17.4. The van der Waals surface area contributed by atoms with Crippen molar-refractivity contribution in [3.63, 3.8) is 0 Å². The first-order valence-corrected chi connectivity index (χ1v) is 8.06. The third-order valence-electron chi connectivity index (χ3n) is 3.85. The van der Waals surface area contributed by atoms with Crippen LogP contribution in [0.1, 0.15) is 23.0 Å². The minimum atomic E-state index is -0.236. The number of carbonyl (C=O) groups is 1. The van der Waals surface area contributed by atoms with Gasteiger partial charge in [-0.25, -0.2) is 4.68 Å². The van der Waals surface area contributed by atoms with Gasteiger partial charge in [-0.3, -0.25) is 4.79 Å². The van der Waals surface area contributed by atoms with E-state index in [2.05, 4.69) is 20.6 Å². The molecule has 1 aromatic carbocycles. The fraction of sp³-hybridized carbons (Fsp3) is 0.222. The Morgan fingerprint density at radius 2 is 1.85 bits per heavy atom. The smallest absolute Gasteiger partial charge is 0.259 e. The second kappa shape index (κ2) is 7.64. The van der Waals surface area contributed by atoms with Gasteiger partial charge in [0.2, 0.25) is 5.88 Å². The van der Waals surface area contributed by atoms with E-state index >= 15 is 0 Å². The molecule has 3 rings (SSSR count). The molecule has 0 saturated carbocycles. The normalized spacial score (nSPS) is 10.4. The van der Waals surface area contributed by atoms with Gasteiger partial charge in [0.05, 0.1) is 31.7 Å². The van der Waals surface area contributed by atoms with Crippen LogP contribution in [0.5, 0.6) is 11.6 Å². The van der Waals surface area contributed by atoms with E-state index in [9.17, 15) is 4.79 Å². The van der Waals surface area contributed by atoms with Gasteiger partial charge in [0, 0.05) is 11.8 Å². The van der Waals surface area contributed by atoms with E-state index < -0.39 is 0 Å². The molecule has 26 heavy (non-hydrogen) atoms. The highest BCUT2D eigenvalue weighted by molar-refractivity contribution is 6.05. The van der Waals surface area contributed by atoms with E-state index in [1.807, 2.05) is 6.92 Å². The van der Waals surface area contributed by atoms with Crippen LogP contribution in [0.15, 0.2) is 42.6 Å². The summed E-state index contributed by atoms with van der Waals surface area (Å²) in [7, 11) is 3.12. The van der Waals surface area contributed by atoms with Crippen molar-refractivity contribution in [2.45, 2.75) is 13.3 Å². The molecule has 0 radical (unpaired) electrons. The molecule has 134 valence electrons. The largest absolute Gasteiger partial charge is 0.497 e. The quantitative estimate of drug-likeness (QED) is 0.732. The molecule has 0 aliphatic heterocycles. The Kier molecular flexibility index (Phi) is 5.12. The molecule has 8 nitrogen and oxygen atoms in total. The van der Waals surface area contributed by atoms with E-state index in [0.717, 1.165) is 11.4 Å². The van der Waals surface area contributed by atoms with Crippen LogP contribution in [0.4, 0.5) is 5.69 Å². The van der Waals surface area contributed by atoms with Crippen LogP contribution < -0.4 is 14.8 Å². The van der Waals surface area contributed by atoms with Gasteiger partial charge in [-0.2, -0.15) is 5.10 Å².